The Hall–Kier alpha value is -0.710. The second kappa shape index (κ2) is 9.69. The topological polar surface area (TPSA) is 77.8 Å². The van der Waals surface area contributed by atoms with Crippen molar-refractivity contribution in [3.63, 3.8) is 0 Å². The zero-order chi connectivity index (χ0) is 17.5. The first kappa shape index (κ1) is 19.6. The minimum atomic E-state index is -0.604. The highest BCUT2D eigenvalue weighted by atomic mass is 16.3. The number of unbranched alkanes of at least 4 members (excludes halogenated alkanes) is 3. The summed E-state index contributed by atoms with van der Waals surface area (Å²) in [5, 5.41) is 29.3. The van der Waals surface area contributed by atoms with Gasteiger partial charge in [0.1, 0.15) is 5.78 Å². The van der Waals surface area contributed by atoms with Gasteiger partial charge in [0.2, 0.25) is 0 Å². The number of carbonyl (C=O) groups is 1. The van der Waals surface area contributed by atoms with E-state index in [2.05, 4.69) is 6.92 Å². The molecule has 0 unspecified atom stereocenters. The molecular formula is C20H34O4. The molecule has 0 saturated heterocycles. The number of ketones is 1. The van der Waals surface area contributed by atoms with Gasteiger partial charge in [0.25, 0.3) is 0 Å². The summed E-state index contributed by atoms with van der Waals surface area (Å²) in [4.78, 5) is 12.1. The third-order valence-corrected chi connectivity index (χ3v) is 6.02. The monoisotopic (exact) mass is 338 g/mol. The Bertz CT molecular complexity index is 414. The number of hydrogen-bond acceptors (Lipinski definition) is 4. The van der Waals surface area contributed by atoms with Crippen LogP contribution in [0.4, 0.5) is 0 Å². The van der Waals surface area contributed by atoms with E-state index in [-0.39, 0.29) is 30.6 Å². The number of hydrogen-bond donors (Lipinski definition) is 3. The Kier molecular flexibility index (Phi) is 7.92. The van der Waals surface area contributed by atoms with Crippen molar-refractivity contribution < 1.29 is 20.1 Å². The van der Waals surface area contributed by atoms with Crippen molar-refractivity contribution in [2.75, 3.05) is 6.61 Å². The van der Waals surface area contributed by atoms with E-state index in [0.717, 1.165) is 50.9 Å². The van der Waals surface area contributed by atoms with Gasteiger partial charge in [-0.05, 0) is 37.5 Å². The van der Waals surface area contributed by atoms with E-state index in [1.165, 1.54) is 6.42 Å². The molecule has 3 N–H and O–H groups in total. The summed E-state index contributed by atoms with van der Waals surface area (Å²) < 4.78 is 0. The molecule has 0 amide bonds. The molecule has 4 atom stereocenters. The molecule has 0 aliphatic heterocycles. The molecule has 0 bridgehead atoms. The standard InChI is InChI=1S/C20H34O4/c1-2-14-11-15(12-14)18(22)9-8-17-16(19(23)13-20(17)24)7-5-3-4-6-10-21/h8-9,14-18,20-22,24H,2-7,10-13H2,1H3/t14?,15?,16-,17-,18-,20-/m1/s1. The Morgan fingerprint density at radius 2 is 1.92 bits per heavy atom. The molecule has 0 aromatic carbocycles. The normalized spacial score (nSPS) is 34.7. The van der Waals surface area contributed by atoms with Crippen LogP contribution in [0.2, 0.25) is 0 Å². The summed E-state index contributed by atoms with van der Waals surface area (Å²) in [6.45, 7) is 2.42. The van der Waals surface area contributed by atoms with Gasteiger partial charge < -0.3 is 15.3 Å². The lowest BCUT2D eigenvalue weighted by Crippen LogP contribution is -2.32. The summed E-state index contributed by atoms with van der Waals surface area (Å²) >= 11 is 0. The van der Waals surface area contributed by atoms with Crippen LogP contribution in [0.1, 0.15) is 64.7 Å². The van der Waals surface area contributed by atoms with Crippen molar-refractivity contribution >= 4 is 5.78 Å². The van der Waals surface area contributed by atoms with E-state index < -0.39 is 12.2 Å². The first-order valence-electron chi connectivity index (χ1n) is 9.74. The van der Waals surface area contributed by atoms with E-state index >= 15 is 0 Å². The van der Waals surface area contributed by atoms with Crippen molar-refractivity contribution in [2.45, 2.75) is 76.9 Å². The molecule has 4 nitrogen and oxygen atoms in total. The summed E-state index contributed by atoms with van der Waals surface area (Å²) in [5.74, 6) is 0.999. The first-order valence-corrected chi connectivity index (χ1v) is 9.74. The lowest BCUT2D eigenvalue weighted by Gasteiger charge is -2.37. The average Bonchev–Trinajstić information content (AvgIpc) is 2.77. The van der Waals surface area contributed by atoms with Crippen molar-refractivity contribution in [3.8, 4) is 0 Å². The van der Waals surface area contributed by atoms with Crippen LogP contribution in [0.5, 0.6) is 0 Å². The molecule has 24 heavy (non-hydrogen) atoms. The molecular weight excluding hydrogens is 304 g/mol. The number of Topliss-reactive ketones (excluding diaryl/α,β-unsaturated/α-hetero) is 1. The van der Waals surface area contributed by atoms with Gasteiger partial charge in [-0.15, -0.1) is 0 Å². The molecule has 0 heterocycles. The zero-order valence-electron chi connectivity index (χ0n) is 14.9. The number of aliphatic hydroxyl groups excluding tert-OH is 3. The van der Waals surface area contributed by atoms with Crippen LogP contribution in [0, 0.1) is 23.7 Å². The second-order valence-corrected chi connectivity index (χ2v) is 7.73. The van der Waals surface area contributed by atoms with Crippen LogP contribution >= 0.6 is 0 Å². The van der Waals surface area contributed by atoms with Crippen LogP contribution in [0.3, 0.4) is 0 Å². The fourth-order valence-corrected chi connectivity index (χ4v) is 4.22. The molecule has 2 aliphatic carbocycles. The predicted octanol–water partition coefficient (Wildman–Crippen LogP) is 2.85. The van der Waals surface area contributed by atoms with Gasteiger partial charge in [-0.1, -0.05) is 44.8 Å². The van der Waals surface area contributed by atoms with E-state index in [0.29, 0.717) is 5.92 Å². The minimum absolute atomic E-state index is 0.109. The summed E-state index contributed by atoms with van der Waals surface area (Å²) in [6.07, 6.45) is 10.8. The number of aliphatic hydroxyl groups is 3. The average molecular weight is 338 g/mol. The SMILES string of the molecule is CCC1CC([C@H](O)C=C[C@H]2[C@H](O)CC(=O)[C@@H]2CCCCCCO)C1. The van der Waals surface area contributed by atoms with Gasteiger partial charge in [0, 0.05) is 24.9 Å². The third-order valence-electron chi connectivity index (χ3n) is 6.02. The maximum Gasteiger partial charge on any atom is 0.139 e. The maximum absolute atomic E-state index is 12.1. The maximum atomic E-state index is 12.1. The van der Waals surface area contributed by atoms with Gasteiger partial charge in [0.15, 0.2) is 0 Å². The summed E-state index contributed by atoms with van der Waals surface area (Å²) in [5.41, 5.74) is 0. The molecule has 0 aromatic heterocycles. The smallest absolute Gasteiger partial charge is 0.139 e. The Morgan fingerprint density at radius 1 is 1.21 bits per heavy atom. The highest BCUT2D eigenvalue weighted by Gasteiger charge is 2.40. The quantitative estimate of drug-likeness (QED) is 0.423. The molecule has 2 rings (SSSR count). The third kappa shape index (κ3) is 5.14. The molecule has 0 spiro atoms. The van der Waals surface area contributed by atoms with E-state index in [9.17, 15) is 15.0 Å². The van der Waals surface area contributed by atoms with Crippen LogP contribution in [0.25, 0.3) is 0 Å². The van der Waals surface area contributed by atoms with E-state index in [4.69, 9.17) is 5.11 Å². The molecule has 4 heteroatoms. The summed E-state index contributed by atoms with van der Waals surface area (Å²) in [6, 6.07) is 0. The second-order valence-electron chi connectivity index (χ2n) is 7.73. The van der Waals surface area contributed by atoms with Gasteiger partial charge in [-0.3, -0.25) is 4.79 Å². The number of rotatable bonds is 10. The Morgan fingerprint density at radius 3 is 2.58 bits per heavy atom. The molecule has 138 valence electrons. The fourth-order valence-electron chi connectivity index (χ4n) is 4.22. The lowest BCUT2D eigenvalue weighted by atomic mass is 9.70. The largest absolute Gasteiger partial charge is 0.396 e. The van der Waals surface area contributed by atoms with Crippen LogP contribution in [0.15, 0.2) is 12.2 Å². The highest BCUT2D eigenvalue weighted by molar-refractivity contribution is 5.84. The molecule has 2 aliphatic rings. The van der Waals surface area contributed by atoms with Crippen LogP contribution in [-0.2, 0) is 4.79 Å². The Balaban J connectivity index is 1.81. The number of carbonyl (C=O) groups excluding carboxylic acids is 1. The minimum Gasteiger partial charge on any atom is -0.396 e. The van der Waals surface area contributed by atoms with Gasteiger partial charge in [-0.25, -0.2) is 0 Å². The van der Waals surface area contributed by atoms with Crippen LogP contribution < -0.4 is 0 Å². The van der Waals surface area contributed by atoms with Gasteiger partial charge in [0.05, 0.1) is 12.2 Å². The molecule has 2 saturated carbocycles. The van der Waals surface area contributed by atoms with E-state index in [1.807, 2.05) is 12.2 Å². The highest BCUT2D eigenvalue weighted by Crippen LogP contribution is 2.39. The van der Waals surface area contributed by atoms with Crippen molar-refractivity contribution in [3.05, 3.63) is 12.2 Å². The van der Waals surface area contributed by atoms with Gasteiger partial charge in [-0.2, -0.15) is 0 Å². The van der Waals surface area contributed by atoms with Crippen molar-refractivity contribution in [1.82, 2.24) is 0 Å². The molecule has 0 aromatic rings. The summed E-state index contributed by atoms with van der Waals surface area (Å²) in [7, 11) is 0. The van der Waals surface area contributed by atoms with Crippen molar-refractivity contribution in [2.24, 2.45) is 23.7 Å². The zero-order valence-corrected chi connectivity index (χ0v) is 14.9. The first-order chi connectivity index (χ1) is 11.6. The molecule has 2 fully saturated rings. The van der Waals surface area contributed by atoms with Crippen molar-refractivity contribution in [1.29, 1.82) is 0 Å². The van der Waals surface area contributed by atoms with E-state index in [1.54, 1.807) is 0 Å². The van der Waals surface area contributed by atoms with Crippen LogP contribution in [-0.4, -0.2) is 39.9 Å². The molecule has 0 radical (unpaired) electrons. The predicted molar refractivity (Wildman–Crippen MR) is 94.4 cm³/mol. The van der Waals surface area contributed by atoms with Gasteiger partial charge >= 0.3 is 0 Å². The Labute approximate surface area is 146 Å². The fraction of sp³-hybridized carbons (Fsp3) is 0.850. The lowest BCUT2D eigenvalue weighted by molar-refractivity contribution is -0.121.